The van der Waals surface area contributed by atoms with E-state index in [4.69, 9.17) is 5.73 Å². The average molecular weight is 279 g/mol. The van der Waals surface area contributed by atoms with Crippen LogP contribution in [0.4, 0.5) is 11.4 Å². The summed E-state index contributed by atoms with van der Waals surface area (Å²) in [6, 6.07) is 17.7. The van der Waals surface area contributed by atoms with Crippen LogP contribution in [-0.4, -0.2) is 21.7 Å². The van der Waals surface area contributed by atoms with Crippen molar-refractivity contribution in [1.82, 2.24) is 15.2 Å². The van der Waals surface area contributed by atoms with Crippen LogP contribution in [0.2, 0.25) is 0 Å². The minimum atomic E-state index is 0.678. The Morgan fingerprint density at radius 3 is 2.71 bits per heavy atom. The molecule has 0 radical (unpaired) electrons. The molecule has 3 aromatic rings. The van der Waals surface area contributed by atoms with Crippen molar-refractivity contribution in [2.45, 2.75) is 6.42 Å². The lowest BCUT2D eigenvalue weighted by molar-refractivity contribution is 0.901. The smallest absolute Gasteiger partial charge is 0.181 e. The number of nitrogens with one attached hydrogen (secondary N) is 2. The molecule has 0 saturated carbocycles. The van der Waals surface area contributed by atoms with E-state index in [1.165, 1.54) is 0 Å². The van der Waals surface area contributed by atoms with Crippen molar-refractivity contribution in [3.05, 3.63) is 60.4 Å². The van der Waals surface area contributed by atoms with Crippen LogP contribution in [0, 0.1) is 0 Å². The summed E-state index contributed by atoms with van der Waals surface area (Å²) in [7, 11) is 0. The van der Waals surface area contributed by atoms with Gasteiger partial charge in [-0.05, 0) is 24.3 Å². The van der Waals surface area contributed by atoms with Gasteiger partial charge in [0.15, 0.2) is 5.82 Å². The zero-order valence-electron chi connectivity index (χ0n) is 11.6. The second-order valence-electron chi connectivity index (χ2n) is 4.77. The standard InChI is InChI=1S/C16H17N5/c17-13-6-4-5-12(11-13)16-19-15(20-21-16)9-10-18-14-7-2-1-3-8-14/h1-8,11,18H,9-10,17H2,(H,19,20,21). The molecule has 5 nitrogen and oxygen atoms in total. The number of nitrogens with two attached hydrogens (primary N) is 1. The predicted molar refractivity (Wildman–Crippen MR) is 84.9 cm³/mol. The number of nitrogens with zero attached hydrogens (tertiary/aromatic N) is 2. The number of H-pyrrole nitrogens is 1. The summed E-state index contributed by atoms with van der Waals surface area (Å²) in [6.45, 7) is 0.801. The van der Waals surface area contributed by atoms with Gasteiger partial charge in [-0.2, -0.15) is 5.10 Å². The summed E-state index contributed by atoms with van der Waals surface area (Å²) in [5.41, 5.74) is 8.51. The Morgan fingerprint density at radius 1 is 1.05 bits per heavy atom. The first-order valence-electron chi connectivity index (χ1n) is 6.87. The molecule has 4 N–H and O–H groups in total. The Morgan fingerprint density at radius 2 is 1.90 bits per heavy atom. The quantitative estimate of drug-likeness (QED) is 0.627. The molecule has 0 fully saturated rings. The van der Waals surface area contributed by atoms with Crippen LogP contribution < -0.4 is 11.1 Å². The Kier molecular flexibility index (Phi) is 3.82. The van der Waals surface area contributed by atoms with Gasteiger partial charge in [0.1, 0.15) is 5.82 Å². The number of para-hydroxylation sites is 1. The first-order valence-corrected chi connectivity index (χ1v) is 6.87. The van der Waals surface area contributed by atoms with Crippen molar-refractivity contribution >= 4 is 11.4 Å². The SMILES string of the molecule is Nc1cccc(-c2n[nH]c(CCNc3ccccc3)n2)c1. The van der Waals surface area contributed by atoms with Crippen molar-refractivity contribution in [2.24, 2.45) is 0 Å². The second-order valence-corrected chi connectivity index (χ2v) is 4.77. The van der Waals surface area contributed by atoms with E-state index in [9.17, 15) is 0 Å². The number of hydrogen-bond acceptors (Lipinski definition) is 4. The molecule has 0 aliphatic heterocycles. The molecular weight excluding hydrogens is 262 g/mol. The Labute approximate surface area is 123 Å². The second kappa shape index (κ2) is 6.09. The fourth-order valence-electron chi connectivity index (χ4n) is 2.10. The zero-order valence-corrected chi connectivity index (χ0v) is 11.6. The third-order valence-corrected chi connectivity index (χ3v) is 3.14. The van der Waals surface area contributed by atoms with E-state index >= 15 is 0 Å². The third kappa shape index (κ3) is 3.39. The number of benzene rings is 2. The van der Waals surface area contributed by atoms with Crippen molar-refractivity contribution in [3.8, 4) is 11.4 Å². The van der Waals surface area contributed by atoms with E-state index in [1.54, 1.807) is 0 Å². The summed E-state index contributed by atoms with van der Waals surface area (Å²) in [4.78, 5) is 4.49. The highest BCUT2D eigenvalue weighted by atomic mass is 15.2. The van der Waals surface area contributed by atoms with Gasteiger partial charge in [0, 0.05) is 29.9 Å². The van der Waals surface area contributed by atoms with E-state index in [0.29, 0.717) is 11.5 Å². The average Bonchev–Trinajstić information content (AvgIpc) is 2.97. The van der Waals surface area contributed by atoms with Crippen LogP contribution >= 0.6 is 0 Å². The molecule has 0 saturated heterocycles. The summed E-state index contributed by atoms with van der Waals surface area (Å²) in [6.07, 6.45) is 0.782. The van der Waals surface area contributed by atoms with Crippen LogP contribution in [0.3, 0.4) is 0 Å². The van der Waals surface area contributed by atoms with E-state index in [0.717, 1.165) is 30.0 Å². The highest BCUT2D eigenvalue weighted by Crippen LogP contribution is 2.17. The number of rotatable bonds is 5. The monoisotopic (exact) mass is 279 g/mol. The molecule has 3 rings (SSSR count). The molecule has 21 heavy (non-hydrogen) atoms. The lowest BCUT2D eigenvalue weighted by atomic mass is 10.2. The molecule has 0 bridgehead atoms. The van der Waals surface area contributed by atoms with E-state index in [-0.39, 0.29) is 0 Å². The van der Waals surface area contributed by atoms with Crippen molar-refractivity contribution in [2.75, 3.05) is 17.6 Å². The molecule has 2 aromatic carbocycles. The zero-order chi connectivity index (χ0) is 14.5. The number of aromatic amines is 1. The molecule has 5 heteroatoms. The first-order chi connectivity index (χ1) is 10.3. The normalized spacial score (nSPS) is 10.5. The van der Waals surface area contributed by atoms with Gasteiger partial charge in [-0.25, -0.2) is 4.98 Å². The van der Waals surface area contributed by atoms with E-state index in [1.807, 2.05) is 54.6 Å². The third-order valence-electron chi connectivity index (χ3n) is 3.14. The van der Waals surface area contributed by atoms with Crippen LogP contribution in [-0.2, 0) is 6.42 Å². The van der Waals surface area contributed by atoms with Gasteiger partial charge in [-0.15, -0.1) is 0 Å². The molecule has 106 valence electrons. The van der Waals surface area contributed by atoms with Gasteiger partial charge >= 0.3 is 0 Å². The van der Waals surface area contributed by atoms with Crippen molar-refractivity contribution in [3.63, 3.8) is 0 Å². The fraction of sp³-hybridized carbons (Fsp3) is 0.125. The highest BCUT2D eigenvalue weighted by Gasteiger charge is 2.05. The summed E-state index contributed by atoms with van der Waals surface area (Å²) in [5.74, 6) is 1.54. The number of aromatic nitrogens is 3. The number of hydrogen-bond donors (Lipinski definition) is 3. The highest BCUT2D eigenvalue weighted by molar-refractivity contribution is 5.60. The molecular formula is C16H17N5. The minimum Gasteiger partial charge on any atom is -0.399 e. The summed E-state index contributed by atoms with van der Waals surface area (Å²) >= 11 is 0. The van der Waals surface area contributed by atoms with Gasteiger partial charge in [0.2, 0.25) is 0 Å². The van der Waals surface area contributed by atoms with Gasteiger partial charge in [0.05, 0.1) is 0 Å². The maximum absolute atomic E-state index is 5.77. The maximum atomic E-state index is 5.77. The van der Waals surface area contributed by atoms with Crippen LogP contribution in [0.5, 0.6) is 0 Å². The molecule has 0 aliphatic carbocycles. The molecule has 0 aliphatic rings. The number of nitrogen functional groups attached to an aromatic ring is 1. The van der Waals surface area contributed by atoms with Gasteiger partial charge in [-0.1, -0.05) is 30.3 Å². The van der Waals surface area contributed by atoms with Crippen LogP contribution in [0.1, 0.15) is 5.82 Å². The van der Waals surface area contributed by atoms with Crippen molar-refractivity contribution in [1.29, 1.82) is 0 Å². The first kappa shape index (κ1) is 13.2. The molecule has 1 heterocycles. The van der Waals surface area contributed by atoms with E-state index in [2.05, 4.69) is 20.5 Å². The molecule has 1 aromatic heterocycles. The lowest BCUT2D eigenvalue weighted by Gasteiger charge is -2.03. The number of anilines is 2. The van der Waals surface area contributed by atoms with Crippen molar-refractivity contribution < 1.29 is 0 Å². The van der Waals surface area contributed by atoms with E-state index < -0.39 is 0 Å². The molecule has 0 amide bonds. The largest absolute Gasteiger partial charge is 0.399 e. The van der Waals surface area contributed by atoms with Crippen LogP contribution in [0.25, 0.3) is 11.4 Å². The Balaban J connectivity index is 1.60. The van der Waals surface area contributed by atoms with Crippen LogP contribution in [0.15, 0.2) is 54.6 Å². The fourth-order valence-corrected chi connectivity index (χ4v) is 2.10. The molecule has 0 atom stereocenters. The summed E-state index contributed by atoms with van der Waals surface area (Å²) < 4.78 is 0. The van der Waals surface area contributed by atoms with Gasteiger partial charge < -0.3 is 11.1 Å². The summed E-state index contributed by atoms with van der Waals surface area (Å²) in [5, 5.41) is 10.5. The Hall–Kier alpha value is -2.82. The Bertz CT molecular complexity index is 705. The van der Waals surface area contributed by atoms with Gasteiger partial charge in [-0.3, -0.25) is 5.10 Å². The van der Waals surface area contributed by atoms with Gasteiger partial charge in [0.25, 0.3) is 0 Å². The topological polar surface area (TPSA) is 79.6 Å². The molecule has 0 spiro atoms. The minimum absolute atomic E-state index is 0.678. The lowest BCUT2D eigenvalue weighted by Crippen LogP contribution is -2.05. The molecule has 0 unspecified atom stereocenters. The predicted octanol–water partition coefficient (Wildman–Crippen LogP) is 2.71. The maximum Gasteiger partial charge on any atom is 0.181 e.